The fraction of sp³-hybridized carbons (Fsp3) is 0.536. The second kappa shape index (κ2) is 6.86. The largest absolute Gasteiger partial charge is 0.504 e. The molecule has 1 aromatic carbocycles. The third kappa shape index (κ3) is 2.44. The van der Waals surface area contributed by atoms with E-state index in [0.717, 1.165) is 43.8 Å². The van der Waals surface area contributed by atoms with Crippen molar-refractivity contribution in [2.45, 2.75) is 68.2 Å². The third-order valence-corrected chi connectivity index (χ3v) is 10.1. The van der Waals surface area contributed by atoms with Gasteiger partial charge in [-0.05, 0) is 68.7 Å². The van der Waals surface area contributed by atoms with Gasteiger partial charge in [0.15, 0.2) is 11.5 Å². The molecule has 8 nitrogen and oxygen atoms in total. The summed E-state index contributed by atoms with van der Waals surface area (Å²) in [4.78, 5) is 24.7. The van der Waals surface area contributed by atoms with Crippen LogP contribution in [0.4, 0.5) is 0 Å². The van der Waals surface area contributed by atoms with Crippen LogP contribution < -0.4 is 10.1 Å². The van der Waals surface area contributed by atoms with Gasteiger partial charge in [0.2, 0.25) is 5.91 Å². The molecule has 7 aliphatic rings. The molecule has 5 atom stereocenters. The van der Waals surface area contributed by atoms with Crippen LogP contribution >= 0.6 is 0 Å². The van der Waals surface area contributed by atoms with E-state index in [4.69, 9.17) is 4.74 Å². The molecule has 5 aliphatic carbocycles. The smallest absolute Gasteiger partial charge is 0.250 e. The van der Waals surface area contributed by atoms with Crippen molar-refractivity contribution in [3.8, 4) is 11.5 Å². The lowest BCUT2D eigenvalue weighted by molar-refractivity contribution is -0.186. The average molecular weight is 487 g/mol. The van der Waals surface area contributed by atoms with Gasteiger partial charge in [0, 0.05) is 41.5 Å². The van der Waals surface area contributed by atoms with Gasteiger partial charge in [0.1, 0.15) is 17.5 Å². The fourth-order valence-corrected chi connectivity index (χ4v) is 8.49. The predicted molar refractivity (Wildman–Crippen MR) is 129 cm³/mol. The highest BCUT2D eigenvalue weighted by Crippen LogP contribution is 2.74. The summed E-state index contributed by atoms with van der Waals surface area (Å²) < 4.78 is 6.55. The minimum Gasteiger partial charge on any atom is -0.504 e. The SMILES string of the molecule is O=C(NCc1ncccn1)C1=C[C@@]23CC[C@]1(O)[C@@H]1Oc4c(O)ccc5c4[C@@]12CCN(CC1CC1)[C@@H]3C5. The number of aromatic hydroxyl groups is 1. The summed E-state index contributed by atoms with van der Waals surface area (Å²) in [6.07, 6.45) is 10.4. The highest BCUT2D eigenvalue weighted by atomic mass is 16.5. The zero-order valence-electron chi connectivity index (χ0n) is 20.1. The number of piperidine rings is 1. The minimum atomic E-state index is -1.42. The number of ether oxygens (including phenoxy) is 1. The molecule has 3 fully saturated rings. The molecule has 0 radical (unpaired) electrons. The maximum absolute atomic E-state index is 13.6. The van der Waals surface area contributed by atoms with E-state index in [1.807, 2.05) is 6.07 Å². The molecule has 36 heavy (non-hydrogen) atoms. The predicted octanol–water partition coefficient (Wildman–Crippen LogP) is 1.99. The number of likely N-dealkylation sites (tertiary alicyclic amines) is 1. The van der Waals surface area contributed by atoms with Crippen LogP contribution in [0.2, 0.25) is 0 Å². The first-order chi connectivity index (χ1) is 17.5. The van der Waals surface area contributed by atoms with Gasteiger partial charge >= 0.3 is 0 Å². The molecule has 1 saturated heterocycles. The van der Waals surface area contributed by atoms with Gasteiger partial charge < -0.3 is 20.3 Å². The van der Waals surface area contributed by atoms with Crippen molar-refractivity contribution in [1.82, 2.24) is 20.2 Å². The number of hydrogen-bond acceptors (Lipinski definition) is 7. The van der Waals surface area contributed by atoms with E-state index in [-0.39, 0.29) is 29.7 Å². The van der Waals surface area contributed by atoms with Gasteiger partial charge in [0.25, 0.3) is 0 Å². The van der Waals surface area contributed by atoms with Crippen LogP contribution in [0.3, 0.4) is 0 Å². The summed E-state index contributed by atoms with van der Waals surface area (Å²) in [5.41, 5.74) is 0.529. The maximum atomic E-state index is 13.6. The normalized spacial score (nSPS) is 37.2. The molecule has 1 amide bonds. The summed E-state index contributed by atoms with van der Waals surface area (Å²) >= 11 is 0. The Kier molecular flexibility index (Phi) is 4.03. The molecule has 8 heteroatoms. The van der Waals surface area contributed by atoms with Crippen LogP contribution in [-0.4, -0.2) is 61.8 Å². The van der Waals surface area contributed by atoms with E-state index in [2.05, 4.69) is 26.3 Å². The summed E-state index contributed by atoms with van der Waals surface area (Å²) in [6, 6.07) is 5.76. The number of hydrogen-bond donors (Lipinski definition) is 3. The number of aromatic nitrogens is 2. The Balaban J connectivity index is 1.27. The molecule has 2 saturated carbocycles. The number of phenolic OH excluding ortho intramolecular Hbond substituents is 1. The van der Waals surface area contributed by atoms with E-state index in [1.54, 1.807) is 24.5 Å². The van der Waals surface area contributed by atoms with Crippen LogP contribution in [0.5, 0.6) is 11.5 Å². The number of rotatable bonds is 5. The van der Waals surface area contributed by atoms with E-state index >= 15 is 0 Å². The zero-order valence-corrected chi connectivity index (χ0v) is 20.1. The topological polar surface area (TPSA) is 108 Å². The van der Waals surface area contributed by atoms with Gasteiger partial charge in [0.05, 0.1) is 12.0 Å². The molecule has 4 bridgehead atoms. The quantitative estimate of drug-likeness (QED) is 0.593. The summed E-state index contributed by atoms with van der Waals surface area (Å²) in [6.45, 7) is 2.24. The Labute approximate surface area is 209 Å². The Morgan fingerprint density at radius 2 is 2.03 bits per heavy atom. The first-order valence-corrected chi connectivity index (χ1v) is 13.2. The van der Waals surface area contributed by atoms with E-state index in [9.17, 15) is 15.0 Å². The lowest BCUT2D eigenvalue weighted by atomic mass is 9.38. The molecule has 2 aliphatic heterocycles. The second-order valence-electron chi connectivity index (χ2n) is 11.7. The van der Waals surface area contributed by atoms with E-state index in [1.165, 1.54) is 18.4 Å². The Bertz CT molecular complexity index is 1330. The van der Waals surface area contributed by atoms with Crippen molar-refractivity contribution in [2.75, 3.05) is 13.1 Å². The average Bonchev–Trinajstić information content (AvgIpc) is 3.63. The Morgan fingerprint density at radius 3 is 2.83 bits per heavy atom. The second-order valence-corrected chi connectivity index (χ2v) is 11.7. The lowest BCUT2D eigenvalue weighted by Crippen LogP contribution is -2.78. The minimum absolute atomic E-state index is 0.127. The number of fused-ring (bicyclic) bond motifs is 1. The summed E-state index contributed by atoms with van der Waals surface area (Å²) in [5.74, 6) is 1.65. The standard InChI is InChI=1S/C28H30N4O4/c33-19-5-4-17-12-20-26-6-7-28(35,18(13-26)24(34)31-14-21-29-9-1-10-30-21)25-27(26,22(17)23(19)36-25)8-11-32(20)15-16-2-3-16/h1,4-5,9-10,13,16,20,25,33,35H,2-3,6-8,11-12,14-15H2,(H,31,34)/t20-,25-,26-,27+,28-/m1/s1. The van der Waals surface area contributed by atoms with Crippen molar-refractivity contribution >= 4 is 5.91 Å². The van der Waals surface area contributed by atoms with Gasteiger partial charge in [-0.3, -0.25) is 9.69 Å². The van der Waals surface area contributed by atoms with Gasteiger partial charge in [-0.2, -0.15) is 0 Å². The Morgan fingerprint density at radius 1 is 1.19 bits per heavy atom. The van der Waals surface area contributed by atoms with Crippen molar-refractivity contribution < 1.29 is 19.7 Å². The lowest BCUT2D eigenvalue weighted by Gasteiger charge is -2.70. The van der Waals surface area contributed by atoms with Crippen molar-refractivity contribution in [1.29, 1.82) is 0 Å². The number of carbonyl (C=O) groups excluding carboxylic acids is 1. The van der Waals surface area contributed by atoms with Crippen molar-refractivity contribution in [3.05, 3.63) is 59.2 Å². The van der Waals surface area contributed by atoms with Crippen molar-refractivity contribution in [2.24, 2.45) is 11.3 Å². The number of benzene rings is 1. The number of amides is 1. The van der Waals surface area contributed by atoms with Gasteiger partial charge in [-0.1, -0.05) is 12.1 Å². The summed E-state index contributed by atoms with van der Waals surface area (Å²) in [5, 5.41) is 26.0. The first-order valence-electron chi connectivity index (χ1n) is 13.2. The van der Waals surface area contributed by atoms with Crippen LogP contribution in [-0.2, 0) is 23.2 Å². The zero-order chi connectivity index (χ0) is 24.3. The van der Waals surface area contributed by atoms with Gasteiger partial charge in [-0.25, -0.2) is 9.97 Å². The maximum Gasteiger partial charge on any atom is 0.250 e. The monoisotopic (exact) mass is 486 g/mol. The molecule has 9 rings (SSSR count). The van der Waals surface area contributed by atoms with Crippen LogP contribution in [0, 0.1) is 11.3 Å². The van der Waals surface area contributed by atoms with E-state index < -0.39 is 17.1 Å². The highest BCUT2D eigenvalue weighted by molar-refractivity contribution is 5.97. The van der Waals surface area contributed by atoms with E-state index in [0.29, 0.717) is 23.6 Å². The molecule has 0 unspecified atom stereocenters. The van der Waals surface area contributed by atoms with Gasteiger partial charge in [-0.15, -0.1) is 0 Å². The first kappa shape index (κ1) is 21.1. The highest BCUT2D eigenvalue weighted by Gasteiger charge is 2.78. The Hall–Kier alpha value is -2.97. The molecular formula is C28H30N4O4. The molecule has 3 heterocycles. The number of phenols is 1. The fourth-order valence-electron chi connectivity index (χ4n) is 8.49. The summed E-state index contributed by atoms with van der Waals surface area (Å²) in [7, 11) is 0. The number of carbonyl (C=O) groups is 1. The molecule has 2 spiro atoms. The number of aliphatic hydroxyl groups is 1. The number of nitrogens with one attached hydrogen (secondary N) is 1. The molecule has 3 N–H and O–H groups in total. The number of nitrogens with zero attached hydrogens (tertiary/aromatic N) is 3. The molecule has 2 aromatic rings. The van der Waals surface area contributed by atoms with Crippen LogP contribution in [0.15, 0.2) is 42.2 Å². The molecule has 186 valence electrons. The van der Waals surface area contributed by atoms with Crippen molar-refractivity contribution in [3.63, 3.8) is 0 Å². The van der Waals surface area contributed by atoms with Crippen LogP contribution in [0.25, 0.3) is 0 Å². The molecule has 1 aromatic heterocycles. The molecular weight excluding hydrogens is 456 g/mol. The van der Waals surface area contributed by atoms with Crippen LogP contribution in [0.1, 0.15) is 49.1 Å². The third-order valence-electron chi connectivity index (χ3n) is 10.1.